The van der Waals surface area contributed by atoms with E-state index in [0.717, 1.165) is 16.6 Å². The van der Waals surface area contributed by atoms with E-state index < -0.39 is 0 Å². The zero-order valence-corrected chi connectivity index (χ0v) is 16.5. The number of imidazole rings is 1. The van der Waals surface area contributed by atoms with Gasteiger partial charge in [0.1, 0.15) is 6.07 Å². The zero-order valence-electron chi connectivity index (χ0n) is 14.1. The van der Waals surface area contributed by atoms with Gasteiger partial charge in [-0.05, 0) is 51.8 Å². The minimum Gasteiger partial charge on any atom is -0.493 e. The molecule has 4 rings (SSSR count). The van der Waals surface area contributed by atoms with Gasteiger partial charge in [-0.25, -0.2) is 9.38 Å². The molecule has 0 aliphatic rings. The lowest BCUT2D eigenvalue weighted by Gasteiger charge is -2.11. The number of hydrogen-bond acceptors (Lipinski definition) is 6. The van der Waals surface area contributed by atoms with Crippen LogP contribution in [0.1, 0.15) is 5.56 Å². The summed E-state index contributed by atoms with van der Waals surface area (Å²) in [6, 6.07) is 13.1. The van der Waals surface area contributed by atoms with E-state index >= 15 is 0 Å². The van der Waals surface area contributed by atoms with Crippen LogP contribution in [0.4, 0.5) is 0 Å². The molecule has 0 N–H and O–H groups in total. The largest absolute Gasteiger partial charge is 0.493 e. The first-order valence-electron chi connectivity index (χ1n) is 7.91. The molecule has 0 fully saturated rings. The highest BCUT2D eigenvalue weighted by Gasteiger charge is 2.13. The lowest BCUT2D eigenvalue weighted by Crippen LogP contribution is -2.22. The molecule has 0 atom stereocenters. The number of benzene rings is 2. The Morgan fingerprint density at radius 3 is 2.96 bits per heavy atom. The van der Waals surface area contributed by atoms with E-state index in [0.29, 0.717) is 25.5 Å². The van der Waals surface area contributed by atoms with Crippen LogP contribution in [0.2, 0.25) is 0 Å². The van der Waals surface area contributed by atoms with Gasteiger partial charge in [0.05, 0.1) is 27.1 Å². The number of methoxy groups -OCH3 is 1. The average molecular weight is 442 g/mol. The highest BCUT2D eigenvalue weighted by Crippen LogP contribution is 2.36. The van der Waals surface area contributed by atoms with Gasteiger partial charge < -0.3 is 9.47 Å². The molecular formula is C19H12BrN3O3S. The Kier molecular flexibility index (Phi) is 4.56. The third kappa shape index (κ3) is 3.05. The second-order valence-corrected chi connectivity index (χ2v) is 7.48. The number of fused-ring (bicyclic) bond motifs is 3. The van der Waals surface area contributed by atoms with E-state index in [4.69, 9.17) is 14.7 Å². The number of aromatic nitrogens is 2. The quantitative estimate of drug-likeness (QED) is 0.486. The first-order valence-corrected chi connectivity index (χ1v) is 9.52. The van der Waals surface area contributed by atoms with Crippen LogP contribution in [-0.2, 0) is 0 Å². The van der Waals surface area contributed by atoms with Crippen molar-refractivity contribution in [3.05, 3.63) is 61.3 Å². The fourth-order valence-electron chi connectivity index (χ4n) is 2.83. The van der Waals surface area contributed by atoms with E-state index in [9.17, 15) is 4.79 Å². The van der Waals surface area contributed by atoms with Crippen molar-refractivity contribution >= 4 is 49.3 Å². The SMILES string of the molecule is COc1cc(C=c2sc3nc4ccccc4n3c2=O)cc(Br)c1OCC#N. The molecule has 134 valence electrons. The summed E-state index contributed by atoms with van der Waals surface area (Å²) < 4.78 is 13.6. The molecular weight excluding hydrogens is 430 g/mol. The van der Waals surface area contributed by atoms with E-state index in [1.165, 1.54) is 18.4 Å². The van der Waals surface area contributed by atoms with Crippen LogP contribution in [0, 0.1) is 11.3 Å². The Labute approximate surface area is 166 Å². The molecule has 2 aromatic carbocycles. The third-order valence-electron chi connectivity index (χ3n) is 3.98. The van der Waals surface area contributed by atoms with Gasteiger partial charge >= 0.3 is 0 Å². The van der Waals surface area contributed by atoms with Gasteiger partial charge in [0.2, 0.25) is 0 Å². The summed E-state index contributed by atoms with van der Waals surface area (Å²) in [7, 11) is 1.52. The average Bonchev–Trinajstić information content (AvgIpc) is 3.17. The lowest BCUT2D eigenvalue weighted by atomic mass is 10.2. The molecule has 27 heavy (non-hydrogen) atoms. The second kappa shape index (κ2) is 7.02. The van der Waals surface area contributed by atoms with Gasteiger partial charge in [-0.2, -0.15) is 5.26 Å². The molecule has 0 aliphatic heterocycles. The number of rotatable bonds is 4. The summed E-state index contributed by atoms with van der Waals surface area (Å²) in [5.74, 6) is 0.927. The predicted octanol–water partition coefficient (Wildman–Crippen LogP) is 3.13. The number of hydrogen-bond donors (Lipinski definition) is 0. The number of nitrogens with zero attached hydrogens (tertiary/aromatic N) is 3. The molecule has 0 spiro atoms. The maximum absolute atomic E-state index is 12.9. The Bertz CT molecular complexity index is 1320. The minimum atomic E-state index is -0.108. The number of para-hydroxylation sites is 2. The molecule has 0 aliphatic carbocycles. The van der Waals surface area contributed by atoms with Crippen molar-refractivity contribution in [3.8, 4) is 17.6 Å². The fourth-order valence-corrected chi connectivity index (χ4v) is 4.39. The molecule has 0 bridgehead atoms. The standard InChI is InChI=1S/C19H12BrN3O3S/c1-25-15-9-11(8-12(20)17(15)26-7-6-21)10-16-18(24)23-14-5-3-2-4-13(14)22-19(23)27-16/h2-5,8-10H,7H2,1H3. The molecule has 2 heterocycles. The molecule has 8 heteroatoms. The molecule has 0 radical (unpaired) electrons. The van der Waals surface area contributed by atoms with Crippen LogP contribution in [-0.4, -0.2) is 23.1 Å². The topological polar surface area (TPSA) is 76.6 Å². The van der Waals surface area contributed by atoms with E-state index in [1.54, 1.807) is 16.5 Å². The van der Waals surface area contributed by atoms with Gasteiger partial charge in [-0.3, -0.25) is 4.79 Å². The van der Waals surface area contributed by atoms with Crippen LogP contribution >= 0.6 is 27.3 Å². The number of halogens is 1. The molecule has 6 nitrogen and oxygen atoms in total. The maximum Gasteiger partial charge on any atom is 0.274 e. The Morgan fingerprint density at radius 1 is 1.37 bits per heavy atom. The first-order chi connectivity index (χ1) is 13.1. The van der Waals surface area contributed by atoms with Crippen molar-refractivity contribution in [2.75, 3.05) is 13.7 Å². The highest BCUT2D eigenvalue weighted by atomic mass is 79.9. The summed E-state index contributed by atoms with van der Waals surface area (Å²) >= 11 is 4.77. The molecule has 4 aromatic rings. The van der Waals surface area contributed by atoms with E-state index in [1.807, 2.05) is 36.4 Å². The highest BCUT2D eigenvalue weighted by molar-refractivity contribution is 9.10. The smallest absolute Gasteiger partial charge is 0.274 e. The van der Waals surface area contributed by atoms with Crippen LogP contribution in [0.5, 0.6) is 11.5 Å². The molecule has 0 unspecified atom stereocenters. The van der Waals surface area contributed by atoms with Gasteiger partial charge in [0.25, 0.3) is 5.56 Å². The van der Waals surface area contributed by atoms with Gasteiger partial charge in [-0.1, -0.05) is 23.5 Å². The van der Waals surface area contributed by atoms with Crippen molar-refractivity contribution in [2.45, 2.75) is 0 Å². The minimum absolute atomic E-state index is 0.0854. The summed E-state index contributed by atoms with van der Waals surface area (Å²) in [5.41, 5.74) is 2.26. The van der Waals surface area contributed by atoms with Crippen LogP contribution in [0.15, 0.2) is 45.7 Å². The van der Waals surface area contributed by atoms with Gasteiger partial charge in [-0.15, -0.1) is 0 Å². The van der Waals surface area contributed by atoms with Crippen LogP contribution in [0.3, 0.4) is 0 Å². The summed E-state index contributed by atoms with van der Waals surface area (Å²) in [4.78, 5) is 18.0. The zero-order chi connectivity index (χ0) is 19.0. The fraction of sp³-hybridized carbons (Fsp3) is 0.105. The lowest BCUT2D eigenvalue weighted by molar-refractivity contribution is 0.327. The Morgan fingerprint density at radius 2 is 2.19 bits per heavy atom. The molecule has 0 saturated heterocycles. The first kappa shape index (κ1) is 17.5. The van der Waals surface area contributed by atoms with Crippen LogP contribution in [0.25, 0.3) is 22.1 Å². The Hall–Kier alpha value is -2.89. The van der Waals surface area contributed by atoms with Crippen molar-refractivity contribution in [2.24, 2.45) is 0 Å². The Balaban J connectivity index is 1.86. The normalized spacial score (nSPS) is 11.8. The van der Waals surface area contributed by atoms with Gasteiger partial charge in [0, 0.05) is 0 Å². The second-order valence-electron chi connectivity index (χ2n) is 5.62. The molecule has 0 amide bonds. The van der Waals surface area contributed by atoms with Crippen LogP contribution < -0.4 is 19.6 Å². The summed E-state index contributed by atoms with van der Waals surface area (Å²) in [5, 5.41) is 8.71. The molecule has 0 saturated carbocycles. The van der Waals surface area contributed by atoms with Gasteiger partial charge in [0.15, 0.2) is 23.1 Å². The number of ether oxygens (including phenoxy) is 2. The van der Waals surface area contributed by atoms with E-state index in [2.05, 4.69) is 20.9 Å². The van der Waals surface area contributed by atoms with E-state index in [-0.39, 0.29) is 12.2 Å². The number of nitriles is 1. The van der Waals surface area contributed by atoms with Crippen molar-refractivity contribution in [1.29, 1.82) is 5.26 Å². The predicted molar refractivity (Wildman–Crippen MR) is 107 cm³/mol. The van der Waals surface area contributed by atoms with Crippen molar-refractivity contribution in [3.63, 3.8) is 0 Å². The third-order valence-corrected chi connectivity index (χ3v) is 5.53. The summed E-state index contributed by atoms with van der Waals surface area (Å²) in [6.45, 7) is -0.0854. The molecule has 2 aromatic heterocycles. The van der Waals surface area contributed by atoms with Crippen molar-refractivity contribution < 1.29 is 9.47 Å². The number of thiazole rings is 1. The monoisotopic (exact) mass is 441 g/mol. The van der Waals surface area contributed by atoms with Crippen molar-refractivity contribution in [1.82, 2.24) is 9.38 Å². The summed E-state index contributed by atoms with van der Waals surface area (Å²) in [6.07, 6.45) is 1.79. The maximum atomic E-state index is 12.9.